The average Bonchev–Trinajstić information content (AvgIpc) is 3.02. The number of aryl methyl sites for hydroxylation is 1. The van der Waals surface area contributed by atoms with Gasteiger partial charge in [0.2, 0.25) is 15.9 Å². The number of halogens is 1. The van der Waals surface area contributed by atoms with Crippen LogP contribution in [0.5, 0.6) is 0 Å². The second-order valence-electron chi connectivity index (χ2n) is 5.98. The molecule has 2 heterocycles. The monoisotopic (exact) mass is 394 g/mol. The van der Waals surface area contributed by atoms with Crippen LogP contribution >= 0.6 is 11.6 Å². The molecule has 7 nitrogen and oxygen atoms in total. The minimum atomic E-state index is -3.79. The highest BCUT2D eigenvalue weighted by Crippen LogP contribution is 2.21. The van der Waals surface area contributed by atoms with Crippen LogP contribution in [-0.2, 0) is 21.9 Å². The van der Waals surface area contributed by atoms with Crippen molar-refractivity contribution in [2.24, 2.45) is 7.05 Å². The van der Waals surface area contributed by atoms with E-state index in [9.17, 15) is 13.2 Å². The normalized spacial score (nSPS) is 18.6. The molecule has 1 aliphatic rings. The maximum Gasteiger partial charge on any atom is 0.246 e. The van der Waals surface area contributed by atoms with E-state index >= 15 is 0 Å². The Morgan fingerprint density at radius 1 is 1.31 bits per heavy atom. The van der Waals surface area contributed by atoms with E-state index in [4.69, 9.17) is 11.6 Å². The number of carbonyl (C=O) groups is 1. The van der Waals surface area contributed by atoms with E-state index in [2.05, 4.69) is 9.82 Å². The number of carbonyl (C=O) groups excluding carboxylic acids is 1. The van der Waals surface area contributed by atoms with Crippen molar-refractivity contribution in [1.29, 1.82) is 0 Å². The van der Waals surface area contributed by atoms with Gasteiger partial charge in [-0.1, -0.05) is 29.8 Å². The summed E-state index contributed by atoms with van der Waals surface area (Å²) in [6.07, 6.45) is 4.16. The van der Waals surface area contributed by atoms with E-state index < -0.39 is 16.1 Å². The molecule has 3 rings (SSSR count). The summed E-state index contributed by atoms with van der Waals surface area (Å²) in [6, 6.07) is 7.84. The van der Waals surface area contributed by atoms with Crippen molar-refractivity contribution in [1.82, 2.24) is 14.5 Å². The second-order valence-corrected chi connectivity index (χ2v) is 7.99. The smallest absolute Gasteiger partial charge is 0.246 e. The highest BCUT2D eigenvalue weighted by Gasteiger charge is 2.33. The van der Waals surface area contributed by atoms with Crippen LogP contribution < -0.4 is 9.62 Å². The summed E-state index contributed by atoms with van der Waals surface area (Å²) in [6.45, 7) is 0.534. The first kappa shape index (κ1) is 18.6. The molecule has 0 spiro atoms. The van der Waals surface area contributed by atoms with Gasteiger partial charge in [0, 0.05) is 30.1 Å². The minimum Gasteiger partial charge on any atom is -0.296 e. The molecule has 1 saturated heterocycles. The van der Waals surface area contributed by atoms with Crippen LogP contribution in [0.25, 0.3) is 6.08 Å². The fourth-order valence-corrected chi connectivity index (χ4v) is 4.07. The molecule has 0 saturated carbocycles. The summed E-state index contributed by atoms with van der Waals surface area (Å²) in [5, 5.41) is 5.54. The maximum atomic E-state index is 12.7. The van der Waals surface area contributed by atoms with Crippen molar-refractivity contribution in [3.63, 3.8) is 0 Å². The predicted octanol–water partition coefficient (Wildman–Crippen LogP) is 2.16. The highest BCUT2D eigenvalue weighted by molar-refractivity contribution is 7.92. The molecule has 26 heavy (non-hydrogen) atoms. The number of amides is 1. The summed E-state index contributed by atoms with van der Waals surface area (Å²) >= 11 is 6.02. The van der Waals surface area contributed by atoms with Gasteiger partial charge in [0.15, 0.2) is 0 Å². The molecule has 1 fully saturated rings. The van der Waals surface area contributed by atoms with Crippen LogP contribution in [0.4, 0.5) is 5.82 Å². The Labute approximate surface area is 157 Å². The number of sulfonamides is 1. The van der Waals surface area contributed by atoms with E-state index in [0.717, 1.165) is 5.41 Å². The van der Waals surface area contributed by atoms with Gasteiger partial charge in [-0.15, -0.1) is 0 Å². The molecule has 1 aromatic heterocycles. The summed E-state index contributed by atoms with van der Waals surface area (Å²) in [5.74, 6) is 0.361. The Balaban J connectivity index is 1.74. The fraction of sp³-hybridized carbons (Fsp3) is 0.294. The standard InChI is InChI=1S/C17H19ClN4O3S/c1-21-16(8-10-19-21)22-11-4-7-15(17(22)23)20-26(24,25)12-9-13-5-2-3-6-14(13)18/h2-3,5-6,8-10,12,15,20H,4,7,11H2,1H3/b12-9+. The third kappa shape index (κ3) is 4.14. The van der Waals surface area contributed by atoms with Gasteiger partial charge in [0.1, 0.15) is 11.9 Å². The SMILES string of the molecule is Cn1nccc1N1CCCC(NS(=O)(=O)/C=C/c2ccccc2Cl)C1=O. The zero-order valence-corrected chi connectivity index (χ0v) is 15.7. The van der Waals surface area contributed by atoms with Gasteiger partial charge in [-0.2, -0.15) is 9.82 Å². The second kappa shape index (κ2) is 7.61. The zero-order chi connectivity index (χ0) is 18.7. The fourth-order valence-electron chi connectivity index (χ4n) is 2.85. The van der Waals surface area contributed by atoms with Crippen molar-refractivity contribution < 1.29 is 13.2 Å². The lowest BCUT2D eigenvalue weighted by atomic mass is 10.1. The lowest BCUT2D eigenvalue weighted by molar-refractivity contribution is -0.121. The van der Waals surface area contributed by atoms with Gasteiger partial charge < -0.3 is 0 Å². The van der Waals surface area contributed by atoms with E-state index in [1.54, 1.807) is 53.2 Å². The van der Waals surface area contributed by atoms with Crippen LogP contribution in [0, 0.1) is 0 Å². The van der Waals surface area contributed by atoms with Crippen LogP contribution in [-0.4, -0.2) is 36.7 Å². The average molecular weight is 395 g/mol. The third-order valence-electron chi connectivity index (χ3n) is 4.15. The highest BCUT2D eigenvalue weighted by atomic mass is 35.5. The van der Waals surface area contributed by atoms with Crippen LogP contribution in [0.1, 0.15) is 18.4 Å². The molecular formula is C17H19ClN4O3S. The lowest BCUT2D eigenvalue weighted by Gasteiger charge is -2.31. The summed E-state index contributed by atoms with van der Waals surface area (Å²) in [5.41, 5.74) is 0.589. The molecule has 0 radical (unpaired) electrons. The molecule has 0 bridgehead atoms. The van der Waals surface area contributed by atoms with Gasteiger partial charge >= 0.3 is 0 Å². The Kier molecular flexibility index (Phi) is 5.45. The third-order valence-corrected chi connectivity index (χ3v) is 5.60. The molecule has 1 atom stereocenters. The maximum absolute atomic E-state index is 12.7. The Hall–Kier alpha value is -2.16. The first-order valence-corrected chi connectivity index (χ1v) is 10.0. The molecule has 0 aliphatic carbocycles. The summed E-state index contributed by atoms with van der Waals surface area (Å²) in [4.78, 5) is 14.3. The van der Waals surface area contributed by atoms with E-state index in [0.29, 0.717) is 35.8 Å². The van der Waals surface area contributed by atoms with Gasteiger partial charge in [-0.25, -0.2) is 8.42 Å². The Bertz CT molecular complexity index is 939. The summed E-state index contributed by atoms with van der Waals surface area (Å²) in [7, 11) is -2.05. The quantitative estimate of drug-likeness (QED) is 0.842. The number of hydrogen-bond acceptors (Lipinski definition) is 4. The number of rotatable bonds is 5. The van der Waals surface area contributed by atoms with Crippen molar-refractivity contribution in [3.05, 3.63) is 52.5 Å². The van der Waals surface area contributed by atoms with Gasteiger partial charge in [0.05, 0.1) is 6.20 Å². The van der Waals surface area contributed by atoms with Gasteiger partial charge in [0.25, 0.3) is 0 Å². The first-order valence-electron chi connectivity index (χ1n) is 8.12. The number of benzene rings is 1. The predicted molar refractivity (Wildman–Crippen MR) is 101 cm³/mol. The van der Waals surface area contributed by atoms with Crippen molar-refractivity contribution in [3.8, 4) is 0 Å². The Morgan fingerprint density at radius 3 is 2.77 bits per heavy atom. The van der Waals surface area contributed by atoms with Crippen molar-refractivity contribution >= 4 is 39.4 Å². The molecule has 9 heteroatoms. The van der Waals surface area contributed by atoms with Crippen molar-refractivity contribution in [2.75, 3.05) is 11.4 Å². The van der Waals surface area contributed by atoms with E-state index in [-0.39, 0.29) is 5.91 Å². The summed E-state index contributed by atoms with van der Waals surface area (Å²) < 4.78 is 28.8. The first-order chi connectivity index (χ1) is 12.4. The lowest BCUT2D eigenvalue weighted by Crippen LogP contribution is -2.52. The molecule has 1 aliphatic heterocycles. The molecule has 1 N–H and O–H groups in total. The topological polar surface area (TPSA) is 84.3 Å². The van der Waals surface area contributed by atoms with Gasteiger partial charge in [-0.05, 0) is 30.5 Å². The minimum absolute atomic E-state index is 0.283. The molecule has 138 valence electrons. The zero-order valence-electron chi connectivity index (χ0n) is 14.2. The number of hydrogen-bond donors (Lipinski definition) is 1. The molecular weight excluding hydrogens is 376 g/mol. The van der Waals surface area contributed by atoms with Crippen LogP contribution in [0.2, 0.25) is 5.02 Å². The van der Waals surface area contributed by atoms with Gasteiger partial charge in [-0.3, -0.25) is 14.4 Å². The van der Waals surface area contributed by atoms with E-state index in [1.165, 1.54) is 6.08 Å². The number of piperidine rings is 1. The molecule has 1 aromatic carbocycles. The van der Waals surface area contributed by atoms with Crippen LogP contribution in [0.15, 0.2) is 41.9 Å². The molecule has 1 unspecified atom stereocenters. The number of anilines is 1. The number of aromatic nitrogens is 2. The Morgan fingerprint density at radius 2 is 2.08 bits per heavy atom. The molecule has 1 amide bonds. The van der Waals surface area contributed by atoms with Crippen molar-refractivity contribution in [2.45, 2.75) is 18.9 Å². The largest absolute Gasteiger partial charge is 0.296 e. The molecule has 2 aromatic rings. The number of nitrogens with zero attached hydrogens (tertiary/aromatic N) is 3. The number of nitrogens with one attached hydrogen (secondary N) is 1. The van der Waals surface area contributed by atoms with Crippen LogP contribution in [0.3, 0.4) is 0 Å². The van der Waals surface area contributed by atoms with E-state index in [1.807, 2.05) is 0 Å².